The number of hydrogen-bond donors (Lipinski definition) is 1. The van der Waals surface area contributed by atoms with Crippen LogP contribution in [0.3, 0.4) is 0 Å². The number of hydrogen-bond acceptors (Lipinski definition) is 6. The number of Topliss-reactive ketones (excluding diaryl/α,β-unsaturated/α-hetero) is 1. The maximum atomic E-state index is 12.5. The third-order valence-corrected chi connectivity index (χ3v) is 4.42. The van der Waals surface area contributed by atoms with Gasteiger partial charge in [0.15, 0.2) is 0 Å². The first-order valence-electron chi connectivity index (χ1n) is 8.77. The summed E-state index contributed by atoms with van der Waals surface area (Å²) in [7, 11) is 1.50. The van der Waals surface area contributed by atoms with Crippen LogP contribution in [0.15, 0.2) is 35.3 Å². The molecule has 0 atom stereocenters. The van der Waals surface area contributed by atoms with Crippen molar-refractivity contribution in [3.8, 4) is 5.75 Å². The Morgan fingerprint density at radius 1 is 1.32 bits per heavy atom. The standard InChI is InChI=1S/C20H20F2N2O4/c1-27-19-18-13(10-23-19)8-14(24-16(18)11-25)9-15(26)7-6-12-4-2-3-5-17(12)28-20(21)22/h2-5,8,20,25H,6-7,9-11H2,1H3. The van der Waals surface area contributed by atoms with Crippen molar-refractivity contribution in [3.05, 3.63) is 58.4 Å². The normalized spacial score (nSPS) is 12.7. The first-order chi connectivity index (χ1) is 13.5. The number of carbonyl (C=O) groups is 1. The summed E-state index contributed by atoms with van der Waals surface area (Å²) in [5.41, 5.74) is 3.05. The van der Waals surface area contributed by atoms with Crippen molar-refractivity contribution in [2.45, 2.75) is 39.0 Å². The van der Waals surface area contributed by atoms with E-state index in [2.05, 4.69) is 14.7 Å². The summed E-state index contributed by atoms with van der Waals surface area (Å²) in [5, 5.41) is 9.60. The number of aromatic nitrogens is 1. The quantitative estimate of drug-likeness (QED) is 0.750. The molecule has 0 aliphatic carbocycles. The fourth-order valence-electron chi connectivity index (χ4n) is 3.20. The van der Waals surface area contributed by atoms with Gasteiger partial charge in [0.25, 0.3) is 0 Å². The molecule has 0 spiro atoms. The Morgan fingerprint density at radius 3 is 2.82 bits per heavy atom. The Bertz CT molecular complexity index is 900. The Labute approximate surface area is 160 Å². The fraction of sp³-hybridized carbons (Fsp3) is 0.350. The molecule has 1 aliphatic heterocycles. The van der Waals surface area contributed by atoms with Crippen molar-refractivity contribution >= 4 is 11.7 Å². The molecule has 0 saturated heterocycles. The lowest BCUT2D eigenvalue weighted by molar-refractivity contribution is -0.118. The summed E-state index contributed by atoms with van der Waals surface area (Å²) < 4.78 is 34.7. The van der Waals surface area contributed by atoms with E-state index < -0.39 is 6.61 Å². The van der Waals surface area contributed by atoms with E-state index in [1.165, 1.54) is 13.2 Å². The van der Waals surface area contributed by atoms with Gasteiger partial charge in [0.2, 0.25) is 5.90 Å². The molecule has 0 saturated carbocycles. The molecule has 0 bridgehead atoms. The minimum Gasteiger partial charge on any atom is -0.481 e. The van der Waals surface area contributed by atoms with Crippen LogP contribution in [0.4, 0.5) is 8.78 Å². The van der Waals surface area contributed by atoms with Gasteiger partial charge in [0.1, 0.15) is 11.5 Å². The highest BCUT2D eigenvalue weighted by Crippen LogP contribution is 2.25. The Balaban J connectivity index is 1.67. The van der Waals surface area contributed by atoms with Gasteiger partial charge in [-0.25, -0.2) is 4.99 Å². The second-order valence-corrected chi connectivity index (χ2v) is 6.28. The molecule has 148 valence electrons. The minimum atomic E-state index is -2.91. The molecule has 0 radical (unpaired) electrons. The van der Waals surface area contributed by atoms with E-state index in [1.54, 1.807) is 24.3 Å². The number of pyridine rings is 1. The lowest BCUT2D eigenvalue weighted by Gasteiger charge is -2.11. The molecule has 2 heterocycles. The molecule has 0 fully saturated rings. The molecular weight excluding hydrogens is 370 g/mol. The van der Waals surface area contributed by atoms with Gasteiger partial charge in [-0.3, -0.25) is 9.78 Å². The van der Waals surface area contributed by atoms with Crippen LogP contribution < -0.4 is 4.74 Å². The number of ketones is 1. The lowest BCUT2D eigenvalue weighted by atomic mass is 10.0. The van der Waals surface area contributed by atoms with Crippen LogP contribution >= 0.6 is 0 Å². The summed E-state index contributed by atoms with van der Waals surface area (Å²) in [6.07, 6.45) is 0.535. The number of benzene rings is 1. The number of ether oxygens (including phenoxy) is 2. The number of aliphatic imine (C=N–C) groups is 1. The average Bonchev–Trinajstić information content (AvgIpc) is 3.09. The smallest absolute Gasteiger partial charge is 0.387 e. The summed E-state index contributed by atoms with van der Waals surface area (Å²) >= 11 is 0. The summed E-state index contributed by atoms with van der Waals surface area (Å²) in [6, 6.07) is 8.21. The zero-order chi connectivity index (χ0) is 20.1. The molecule has 28 heavy (non-hydrogen) atoms. The molecule has 2 aromatic rings. The number of carbonyl (C=O) groups excluding carboxylic acids is 1. The average molecular weight is 390 g/mol. The molecule has 1 aromatic heterocycles. The van der Waals surface area contributed by atoms with Crippen LogP contribution in [-0.4, -0.2) is 35.5 Å². The first kappa shape index (κ1) is 19.9. The molecule has 0 unspecified atom stereocenters. The molecule has 6 nitrogen and oxygen atoms in total. The number of nitrogens with zero attached hydrogens (tertiary/aromatic N) is 2. The second-order valence-electron chi connectivity index (χ2n) is 6.28. The van der Waals surface area contributed by atoms with E-state index in [9.17, 15) is 18.7 Å². The van der Waals surface area contributed by atoms with Crippen molar-refractivity contribution < 1.29 is 28.2 Å². The van der Waals surface area contributed by atoms with Crippen LogP contribution in [-0.2, 0) is 35.5 Å². The molecule has 8 heteroatoms. The zero-order valence-corrected chi connectivity index (χ0v) is 15.3. The molecular formula is C20H20F2N2O4. The highest BCUT2D eigenvalue weighted by Gasteiger charge is 2.23. The number of halogens is 2. The summed E-state index contributed by atoms with van der Waals surface area (Å²) in [4.78, 5) is 21.0. The van der Waals surface area contributed by atoms with Gasteiger partial charge in [-0.1, -0.05) is 18.2 Å². The number of methoxy groups -OCH3 is 1. The van der Waals surface area contributed by atoms with Crippen LogP contribution in [0, 0.1) is 0 Å². The topological polar surface area (TPSA) is 81.0 Å². The predicted molar refractivity (Wildman–Crippen MR) is 97.5 cm³/mol. The molecule has 1 aromatic carbocycles. The van der Waals surface area contributed by atoms with E-state index in [0.29, 0.717) is 35.0 Å². The second kappa shape index (κ2) is 8.88. The van der Waals surface area contributed by atoms with E-state index in [-0.39, 0.29) is 37.4 Å². The number of aliphatic hydroxyl groups is 1. The van der Waals surface area contributed by atoms with Gasteiger partial charge in [-0.05, 0) is 29.7 Å². The van der Waals surface area contributed by atoms with Gasteiger partial charge in [-0.15, -0.1) is 0 Å². The monoisotopic (exact) mass is 390 g/mol. The molecule has 1 N–H and O–H groups in total. The van der Waals surface area contributed by atoms with Crippen molar-refractivity contribution in [1.82, 2.24) is 4.98 Å². The van der Waals surface area contributed by atoms with Crippen LogP contribution in [0.5, 0.6) is 5.75 Å². The maximum Gasteiger partial charge on any atom is 0.387 e. The van der Waals surface area contributed by atoms with Crippen LogP contribution in [0.25, 0.3) is 0 Å². The number of aliphatic hydroxyl groups excluding tert-OH is 1. The summed E-state index contributed by atoms with van der Waals surface area (Å²) in [5.74, 6) is 0.418. The Kier molecular flexibility index (Phi) is 6.30. The largest absolute Gasteiger partial charge is 0.481 e. The van der Waals surface area contributed by atoms with Gasteiger partial charge in [-0.2, -0.15) is 8.78 Å². The van der Waals surface area contributed by atoms with E-state index in [1.807, 2.05) is 0 Å². The van der Waals surface area contributed by atoms with E-state index >= 15 is 0 Å². The Morgan fingerprint density at radius 2 is 2.11 bits per heavy atom. The number of fused-ring (bicyclic) bond motifs is 1. The Hall–Kier alpha value is -2.87. The van der Waals surface area contributed by atoms with E-state index in [0.717, 1.165) is 5.56 Å². The number of rotatable bonds is 8. The number of aryl methyl sites for hydroxylation is 1. The van der Waals surface area contributed by atoms with Gasteiger partial charge >= 0.3 is 6.61 Å². The van der Waals surface area contributed by atoms with Crippen molar-refractivity contribution in [2.24, 2.45) is 4.99 Å². The highest BCUT2D eigenvalue weighted by atomic mass is 19.3. The van der Waals surface area contributed by atoms with Gasteiger partial charge in [0, 0.05) is 18.5 Å². The molecule has 0 amide bonds. The van der Waals surface area contributed by atoms with Crippen molar-refractivity contribution in [1.29, 1.82) is 0 Å². The third kappa shape index (κ3) is 4.51. The van der Waals surface area contributed by atoms with Gasteiger partial charge < -0.3 is 14.6 Å². The lowest BCUT2D eigenvalue weighted by Crippen LogP contribution is -2.12. The number of para-hydroxylation sites is 1. The minimum absolute atomic E-state index is 0.0766. The summed E-state index contributed by atoms with van der Waals surface area (Å²) in [6.45, 7) is -2.79. The highest BCUT2D eigenvalue weighted by molar-refractivity contribution is 5.98. The maximum absolute atomic E-state index is 12.5. The van der Waals surface area contributed by atoms with Crippen LogP contribution in [0.1, 0.15) is 34.5 Å². The van der Waals surface area contributed by atoms with Crippen LogP contribution in [0.2, 0.25) is 0 Å². The predicted octanol–water partition coefficient (Wildman–Crippen LogP) is 2.83. The van der Waals surface area contributed by atoms with Gasteiger partial charge in [0.05, 0.1) is 31.5 Å². The molecule has 1 aliphatic rings. The van der Waals surface area contributed by atoms with Crippen molar-refractivity contribution in [3.63, 3.8) is 0 Å². The first-order valence-corrected chi connectivity index (χ1v) is 8.77. The number of alkyl halides is 2. The SMILES string of the molecule is COC1=NCc2cc(CC(=O)CCc3ccccc3OC(F)F)nc(CO)c21. The fourth-order valence-corrected chi connectivity index (χ4v) is 3.20. The molecule has 3 rings (SSSR count). The van der Waals surface area contributed by atoms with E-state index in [4.69, 9.17) is 4.74 Å². The van der Waals surface area contributed by atoms with Crippen molar-refractivity contribution in [2.75, 3.05) is 7.11 Å². The zero-order valence-electron chi connectivity index (χ0n) is 15.3. The third-order valence-electron chi connectivity index (χ3n) is 4.42.